The summed E-state index contributed by atoms with van der Waals surface area (Å²) in [5, 5.41) is 6.17. The molecule has 3 aromatic rings. The Morgan fingerprint density at radius 1 is 1.07 bits per heavy atom. The summed E-state index contributed by atoms with van der Waals surface area (Å²) in [6.07, 6.45) is -0.461. The number of piperidine rings is 1. The molecule has 1 amide bonds. The van der Waals surface area contributed by atoms with Gasteiger partial charge in [0.15, 0.2) is 0 Å². The molecule has 0 aliphatic carbocycles. The Morgan fingerprint density at radius 2 is 1.78 bits per heavy atom. The molecule has 9 nitrogen and oxygen atoms in total. The summed E-state index contributed by atoms with van der Waals surface area (Å²) in [6.45, 7) is 8.76. The number of likely N-dealkylation sites (tertiary alicyclic amines) is 1. The first-order valence-corrected chi connectivity index (χ1v) is 16.9. The molecule has 45 heavy (non-hydrogen) atoms. The molecule has 244 valence electrons. The summed E-state index contributed by atoms with van der Waals surface area (Å²) >= 11 is 0. The topological polar surface area (TPSA) is 108 Å². The second-order valence-electron chi connectivity index (χ2n) is 11.4. The van der Waals surface area contributed by atoms with E-state index in [2.05, 4.69) is 32.4 Å². The van der Waals surface area contributed by atoms with Gasteiger partial charge in [-0.3, -0.25) is 9.10 Å². The van der Waals surface area contributed by atoms with Gasteiger partial charge in [0, 0.05) is 43.6 Å². The Kier molecular flexibility index (Phi) is 10.7. The zero-order chi connectivity index (χ0) is 32.9. The van der Waals surface area contributed by atoms with Crippen LogP contribution in [0.15, 0.2) is 42.6 Å². The maximum absolute atomic E-state index is 14.0. The van der Waals surface area contributed by atoms with Crippen molar-refractivity contribution < 1.29 is 26.4 Å². The number of hydrogen-bond donors (Lipinski definition) is 2. The van der Waals surface area contributed by atoms with Crippen molar-refractivity contribution in [2.45, 2.75) is 65.1 Å². The molecular weight excluding hydrogens is 605 g/mol. The summed E-state index contributed by atoms with van der Waals surface area (Å²) in [6, 6.07) is 10.5. The highest BCUT2D eigenvalue weighted by atomic mass is 32.2. The number of anilines is 3. The van der Waals surface area contributed by atoms with Crippen LogP contribution in [-0.2, 0) is 35.5 Å². The number of amides is 1. The molecule has 1 fully saturated rings. The fourth-order valence-corrected chi connectivity index (χ4v) is 5.97. The van der Waals surface area contributed by atoms with E-state index in [4.69, 9.17) is 0 Å². The first kappa shape index (κ1) is 34.2. The molecule has 0 spiro atoms. The number of alkyl halides is 3. The number of nitrogens with zero attached hydrogens (tertiary/aromatic N) is 4. The molecule has 1 aliphatic heterocycles. The van der Waals surface area contributed by atoms with Gasteiger partial charge in [0.2, 0.25) is 16.0 Å². The standard InChI is InChI=1S/C32H41F3N6O3S/c1-6-22-19-24(30(42)37-25-14-16-41(7-2)17-15-25)11-12-27(22)38-31-36-20-26(32(33,34)35)28(39-31)13-10-23-9-8-21(3)18-29(23)40(4)45(5,43)44/h8-9,11-12,18-20,25H,6-7,10,13-17H2,1-5H3,(H,37,42)(H,36,38,39). The van der Waals surface area contributed by atoms with E-state index in [1.165, 1.54) is 7.05 Å². The number of sulfonamides is 1. The van der Waals surface area contributed by atoms with Crippen molar-refractivity contribution in [1.29, 1.82) is 0 Å². The van der Waals surface area contributed by atoms with Crippen molar-refractivity contribution in [1.82, 2.24) is 20.2 Å². The molecule has 2 aromatic carbocycles. The lowest BCUT2D eigenvalue weighted by atomic mass is 10.0. The van der Waals surface area contributed by atoms with Crippen LogP contribution in [-0.4, -0.2) is 68.2 Å². The first-order chi connectivity index (χ1) is 21.2. The summed E-state index contributed by atoms with van der Waals surface area (Å²) < 4.78 is 67.5. The Bertz CT molecular complexity index is 1620. The molecular formula is C32H41F3N6O3S. The number of nitrogens with one attached hydrogen (secondary N) is 2. The van der Waals surface area contributed by atoms with E-state index in [1.807, 2.05) is 13.8 Å². The predicted molar refractivity (Wildman–Crippen MR) is 171 cm³/mol. The number of aryl methyl sites for hydroxylation is 4. The number of carbonyl (C=O) groups is 1. The number of hydrogen-bond acceptors (Lipinski definition) is 7. The molecule has 4 rings (SSSR count). The second kappa shape index (κ2) is 14.2. The normalized spacial score (nSPS) is 14.8. The molecule has 0 saturated carbocycles. The molecule has 0 unspecified atom stereocenters. The van der Waals surface area contributed by atoms with E-state index in [0.717, 1.165) is 60.4 Å². The molecule has 0 atom stereocenters. The largest absolute Gasteiger partial charge is 0.419 e. The fraction of sp³-hybridized carbons (Fsp3) is 0.469. The van der Waals surface area contributed by atoms with Crippen LogP contribution >= 0.6 is 0 Å². The zero-order valence-corrected chi connectivity index (χ0v) is 27.1. The van der Waals surface area contributed by atoms with Crippen LogP contribution in [0.1, 0.15) is 65.0 Å². The summed E-state index contributed by atoms with van der Waals surface area (Å²) in [5.41, 5.74) is 2.53. The van der Waals surface area contributed by atoms with Gasteiger partial charge in [0.05, 0.1) is 23.2 Å². The van der Waals surface area contributed by atoms with Gasteiger partial charge in [0.1, 0.15) is 0 Å². The lowest BCUT2D eigenvalue weighted by Gasteiger charge is -2.31. The van der Waals surface area contributed by atoms with Gasteiger partial charge in [-0.05, 0) is 86.5 Å². The Hall–Kier alpha value is -3.71. The average Bonchev–Trinajstić information content (AvgIpc) is 2.99. The molecule has 0 radical (unpaired) electrons. The number of benzene rings is 2. The molecule has 2 heterocycles. The van der Waals surface area contributed by atoms with Gasteiger partial charge >= 0.3 is 6.18 Å². The van der Waals surface area contributed by atoms with Crippen molar-refractivity contribution in [3.8, 4) is 0 Å². The van der Waals surface area contributed by atoms with Gasteiger partial charge in [-0.2, -0.15) is 13.2 Å². The van der Waals surface area contributed by atoms with Crippen LogP contribution in [0.4, 0.5) is 30.5 Å². The third-order valence-corrected chi connectivity index (χ3v) is 9.44. The molecule has 0 bridgehead atoms. The van der Waals surface area contributed by atoms with Gasteiger partial charge < -0.3 is 15.5 Å². The SMILES string of the molecule is CCc1cc(C(=O)NC2CCN(CC)CC2)ccc1Nc1ncc(C(F)(F)F)c(CCc2ccc(C)cc2N(C)S(C)(=O)=O)n1. The molecule has 1 saturated heterocycles. The monoisotopic (exact) mass is 646 g/mol. The van der Waals surface area contributed by atoms with Crippen molar-refractivity contribution in [3.63, 3.8) is 0 Å². The fourth-order valence-electron chi connectivity index (χ4n) is 5.45. The number of rotatable bonds is 11. The van der Waals surface area contributed by atoms with Crippen LogP contribution in [0.2, 0.25) is 0 Å². The quantitative estimate of drug-likeness (QED) is 0.283. The number of aromatic nitrogens is 2. The van der Waals surface area contributed by atoms with Crippen LogP contribution in [0.3, 0.4) is 0 Å². The van der Waals surface area contributed by atoms with Crippen LogP contribution in [0.25, 0.3) is 0 Å². The van der Waals surface area contributed by atoms with E-state index in [0.29, 0.717) is 28.9 Å². The predicted octanol–water partition coefficient (Wildman–Crippen LogP) is 5.50. The molecule has 2 N–H and O–H groups in total. The maximum atomic E-state index is 14.0. The Labute approximate surface area is 263 Å². The van der Waals surface area contributed by atoms with Gasteiger partial charge in [-0.1, -0.05) is 26.0 Å². The van der Waals surface area contributed by atoms with Crippen molar-refractivity contribution in [3.05, 3.63) is 76.1 Å². The van der Waals surface area contributed by atoms with E-state index in [-0.39, 0.29) is 36.4 Å². The van der Waals surface area contributed by atoms with E-state index in [1.54, 1.807) is 36.4 Å². The Balaban J connectivity index is 1.55. The van der Waals surface area contributed by atoms with E-state index >= 15 is 0 Å². The van der Waals surface area contributed by atoms with Crippen LogP contribution < -0.4 is 14.9 Å². The number of carbonyl (C=O) groups excluding carboxylic acids is 1. The molecule has 1 aromatic heterocycles. The van der Waals surface area contributed by atoms with Crippen LogP contribution in [0.5, 0.6) is 0 Å². The number of halogens is 3. The van der Waals surface area contributed by atoms with Crippen molar-refractivity contribution in [2.75, 3.05) is 42.6 Å². The summed E-state index contributed by atoms with van der Waals surface area (Å²) in [4.78, 5) is 23.6. The van der Waals surface area contributed by atoms with Gasteiger partial charge in [0.25, 0.3) is 5.91 Å². The minimum atomic E-state index is -4.68. The third-order valence-electron chi connectivity index (χ3n) is 8.25. The second-order valence-corrected chi connectivity index (χ2v) is 13.5. The van der Waals surface area contributed by atoms with E-state index in [9.17, 15) is 26.4 Å². The minimum Gasteiger partial charge on any atom is -0.349 e. The molecule has 1 aliphatic rings. The van der Waals surface area contributed by atoms with Crippen molar-refractivity contribution in [2.24, 2.45) is 0 Å². The highest BCUT2D eigenvalue weighted by Gasteiger charge is 2.35. The lowest BCUT2D eigenvalue weighted by molar-refractivity contribution is -0.138. The first-order valence-electron chi connectivity index (χ1n) is 15.1. The van der Waals surface area contributed by atoms with Gasteiger partial charge in [-0.15, -0.1) is 0 Å². The summed E-state index contributed by atoms with van der Waals surface area (Å²) in [5.74, 6) is -0.166. The van der Waals surface area contributed by atoms with Crippen LogP contribution in [0, 0.1) is 6.92 Å². The maximum Gasteiger partial charge on any atom is 0.419 e. The van der Waals surface area contributed by atoms with E-state index < -0.39 is 21.8 Å². The highest BCUT2D eigenvalue weighted by molar-refractivity contribution is 7.92. The van der Waals surface area contributed by atoms with Crippen molar-refractivity contribution >= 4 is 33.3 Å². The third kappa shape index (κ3) is 8.72. The smallest absolute Gasteiger partial charge is 0.349 e. The molecule has 13 heteroatoms. The average molecular weight is 647 g/mol. The summed E-state index contributed by atoms with van der Waals surface area (Å²) in [7, 11) is -2.17. The Morgan fingerprint density at radius 3 is 2.40 bits per heavy atom. The minimum absolute atomic E-state index is 0.00929. The zero-order valence-electron chi connectivity index (χ0n) is 26.3. The highest BCUT2D eigenvalue weighted by Crippen LogP contribution is 2.33. The van der Waals surface area contributed by atoms with Gasteiger partial charge in [-0.25, -0.2) is 18.4 Å². The lowest BCUT2D eigenvalue weighted by Crippen LogP contribution is -2.44.